The van der Waals surface area contributed by atoms with Crippen LogP contribution in [0.25, 0.3) is 0 Å². The van der Waals surface area contributed by atoms with Crippen LogP contribution in [0.4, 0.5) is 0 Å². The van der Waals surface area contributed by atoms with Gasteiger partial charge < -0.3 is 0 Å². The first-order valence-electron chi connectivity index (χ1n) is 4.78. The molecule has 0 unspecified atom stereocenters. The first-order valence-corrected chi connectivity index (χ1v) is 4.78. The molecule has 68 valence electrons. The van der Waals surface area contributed by atoms with Crippen LogP contribution in [0.5, 0.6) is 0 Å². The molecule has 0 saturated carbocycles. The van der Waals surface area contributed by atoms with Crippen LogP contribution in [0.3, 0.4) is 0 Å². The minimum Gasteiger partial charge on any atom is -0.0844 e. The summed E-state index contributed by atoms with van der Waals surface area (Å²) in [5, 5.41) is 0. The summed E-state index contributed by atoms with van der Waals surface area (Å²) in [5.41, 5.74) is 0. The number of rotatable bonds is 0. The largest absolute Gasteiger partial charge is 0.0844 e. The molecule has 0 fully saturated rings. The molecule has 0 heteroatoms. The number of hydrogen-bond acceptors (Lipinski definition) is 0. The lowest BCUT2D eigenvalue weighted by Crippen LogP contribution is -1.61. The fraction of sp³-hybridized carbons (Fsp3) is 0.231. The Morgan fingerprint density at radius 2 is 0.769 bits per heavy atom. The maximum Gasteiger partial charge on any atom is -0.0166 e. The summed E-state index contributed by atoms with van der Waals surface area (Å²) in [6.07, 6.45) is 24.5. The highest BCUT2D eigenvalue weighted by atomic mass is 13.8. The second kappa shape index (κ2) is 7.35. The third-order valence-corrected chi connectivity index (χ3v) is 1.76. The van der Waals surface area contributed by atoms with Gasteiger partial charge in [0.25, 0.3) is 0 Å². The Hall–Kier alpha value is -1.30. The lowest BCUT2D eigenvalue weighted by atomic mass is 10.3. The Bertz CT molecular complexity index is 223. The Balaban J connectivity index is 2.49. The van der Waals surface area contributed by atoms with E-state index < -0.39 is 0 Å². The van der Waals surface area contributed by atoms with E-state index in [1.165, 1.54) is 0 Å². The quantitative estimate of drug-likeness (QED) is 0.485. The van der Waals surface area contributed by atoms with Gasteiger partial charge in [0.1, 0.15) is 0 Å². The molecule has 1 rings (SSSR count). The van der Waals surface area contributed by atoms with Crippen molar-refractivity contribution in [3.63, 3.8) is 0 Å². The first-order chi connectivity index (χ1) is 6.50. The highest BCUT2D eigenvalue weighted by Gasteiger charge is 1.74. The van der Waals surface area contributed by atoms with E-state index in [0.29, 0.717) is 0 Å². The third-order valence-electron chi connectivity index (χ3n) is 1.76. The Morgan fingerprint density at radius 3 is 1.23 bits per heavy atom. The van der Waals surface area contributed by atoms with Gasteiger partial charge in [0.05, 0.1) is 0 Å². The minimum atomic E-state index is 1.03. The van der Waals surface area contributed by atoms with E-state index >= 15 is 0 Å². The molecule has 0 atom stereocenters. The predicted molar refractivity (Wildman–Crippen MR) is 59.6 cm³/mol. The first kappa shape index (κ1) is 9.79. The monoisotopic (exact) mass is 172 g/mol. The van der Waals surface area contributed by atoms with Gasteiger partial charge in [0.2, 0.25) is 0 Å². The van der Waals surface area contributed by atoms with Crippen molar-refractivity contribution < 1.29 is 0 Å². The summed E-state index contributed by atoms with van der Waals surface area (Å²) in [5.74, 6) is 0. The Labute approximate surface area is 80.7 Å². The fourth-order valence-electron chi connectivity index (χ4n) is 1.06. The van der Waals surface area contributed by atoms with Crippen molar-refractivity contribution in [3.8, 4) is 0 Å². The summed E-state index contributed by atoms with van der Waals surface area (Å²) in [6.45, 7) is 0. The number of hydrogen-bond donors (Lipinski definition) is 0. The molecule has 0 nitrogen and oxygen atoms in total. The lowest BCUT2D eigenvalue weighted by molar-refractivity contribution is 1.28. The van der Waals surface area contributed by atoms with Crippen LogP contribution in [0, 0.1) is 0 Å². The summed E-state index contributed by atoms with van der Waals surface area (Å²) in [7, 11) is 0. The van der Waals surface area contributed by atoms with Crippen molar-refractivity contribution in [2.75, 3.05) is 0 Å². The maximum atomic E-state index is 2.20. The molecular weight excluding hydrogens is 156 g/mol. The zero-order valence-electron chi connectivity index (χ0n) is 7.89. The third kappa shape index (κ3) is 5.92. The van der Waals surface area contributed by atoms with Crippen LogP contribution in [-0.4, -0.2) is 0 Å². The van der Waals surface area contributed by atoms with Crippen molar-refractivity contribution in [1.82, 2.24) is 0 Å². The van der Waals surface area contributed by atoms with Crippen molar-refractivity contribution in [3.05, 3.63) is 60.8 Å². The summed E-state index contributed by atoms with van der Waals surface area (Å²) in [6, 6.07) is 0. The molecular formula is C13H16. The van der Waals surface area contributed by atoms with Crippen molar-refractivity contribution in [2.24, 2.45) is 0 Å². The van der Waals surface area contributed by atoms with Gasteiger partial charge >= 0.3 is 0 Å². The molecule has 0 bridgehead atoms. The molecule has 0 N–H and O–H groups in total. The van der Waals surface area contributed by atoms with E-state index in [4.69, 9.17) is 0 Å². The highest BCUT2D eigenvalue weighted by Crippen LogP contribution is 1.95. The standard InChI is InChI=1S/C13H16/c1-2-4-6-8-10-12-13-11-9-7-5-3-1/h1-6,9-12H,7-8,13H2. The van der Waals surface area contributed by atoms with E-state index in [1.54, 1.807) is 0 Å². The number of allylic oxidation sites excluding steroid dienone is 10. The van der Waals surface area contributed by atoms with Crippen LogP contribution in [-0.2, 0) is 0 Å². The van der Waals surface area contributed by atoms with Gasteiger partial charge in [-0.2, -0.15) is 0 Å². The predicted octanol–water partition coefficient (Wildman–Crippen LogP) is 3.95. The van der Waals surface area contributed by atoms with E-state index in [9.17, 15) is 0 Å². The smallest absolute Gasteiger partial charge is 0.0166 e. The van der Waals surface area contributed by atoms with E-state index in [2.05, 4.69) is 60.8 Å². The molecule has 1 aliphatic rings. The summed E-state index contributed by atoms with van der Waals surface area (Å²) in [4.78, 5) is 0. The molecule has 1 aliphatic carbocycles. The second-order valence-electron chi connectivity index (χ2n) is 2.89. The van der Waals surface area contributed by atoms with Gasteiger partial charge in [-0.1, -0.05) is 60.8 Å². The lowest BCUT2D eigenvalue weighted by Gasteiger charge is -1.82. The van der Waals surface area contributed by atoms with Crippen molar-refractivity contribution in [2.45, 2.75) is 19.3 Å². The SMILES string of the molecule is C1=CC=CCC=CCC=CCC=C1. The molecule has 0 heterocycles. The topological polar surface area (TPSA) is 0 Å². The highest BCUT2D eigenvalue weighted by molar-refractivity contribution is 5.13. The molecule has 0 spiro atoms. The Morgan fingerprint density at radius 1 is 0.385 bits per heavy atom. The molecule has 0 aliphatic heterocycles. The Kier molecular flexibility index (Phi) is 5.54. The second-order valence-corrected chi connectivity index (χ2v) is 2.89. The van der Waals surface area contributed by atoms with Gasteiger partial charge in [-0.25, -0.2) is 0 Å². The maximum absolute atomic E-state index is 2.20. The minimum absolute atomic E-state index is 1.03. The van der Waals surface area contributed by atoms with Crippen LogP contribution < -0.4 is 0 Å². The fourth-order valence-corrected chi connectivity index (χ4v) is 1.06. The summed E-state index contributed by atoms with van der Waals surface area (Å²) >= 11 is 0. The van der Waals surface area contributed by atoms with Gasteiger partial charge in [0, 0.05) is 0 Å². The van der Waals surface area contributed by atoms with Crippen LogP contribution in [0.15, 0.2) is 60.8 Å². The van der Waals surface area contributed by atoms with E-state index in [1.807, 2.05) is 0 Å². The van der Waals surface area contributed by atoms with E-state index in [0.717, 1.165) is 19.3 Å². The van der Waals surface area contributed by atoms with Gasteiger partial charge in [0.15, 0.2) is 0 Å². The summed E-state index contributed by atoms with van der Waals surface area (Å²) < 4.78 is 0. The van der Waals surface area contributed by atoms with Crippen LogP contribution in [0.1, 0.15) is 19.3 Å². The molecule has 0 radical (unpaired) electrons. The molecule has 0 saturated heterocycles. The molecule has 0 aromatic rings. The van der Waals surface area contributed by atoms with Crippen LogP contribution >= 0.6 is 0 Å². The molecule has 0 aromatic carbocycles. The average Bonchev–Trinajstić information content (AvgIpc) is 2.18. The van der Waals surface area contributed by atoms with Crippen molar-refractivity contribution in [1.29, 1.82) is 0 Å². The normalized spacial score (nSPS) is 17.8. The van der Waals surface area contributed by atoms with Gasteiger partial charge in [-0.05, 0) is 19.3 Å². The average molecular weight is 172 g/mol. The van der Waals surface area contributed by atoms with Crippen LogP contribution in [0.2, 0.25) is 0 Å². The molecule has 0 amide bonds. The van der Waals surface area contributed by atoms with E-state index in [-0.39, 0.29) is 0 Å². The van der Waals surface area contributed by atoms with Gasteiger partial charge in [-0.15, -0.1) is 0 Å². The van der Waals surface area contributed by atoms with Gasteiger partial charge in [-0.3, -0.25) is 0 Å². The zero-order chi connectivity index (χ0) is 9.19. The zero-order valence-corrected chi connectivity index (χ0v) is 7.89. The molecule has 0 aromatic heterocycles. The van der Waals surface area contributed by atoms with Crippen molar-refractivity contribution >= 4 is 0 Å². The molecule has 13 heavy (non-hydrogen) atoms.